The van der Waals surface area contributed by atoms with Gasteiger partial charge in [0.15, 0.2) is 0 Å². The topological polar surface area (TPSA) is 21.3 Å². The molecule has 20 heavy (non-hydrogen) atoms. The number of nitrogens with one attached hydrogen (secondary N) is 1. The molecule has 2 nitrogen and oxygen atoms in total. The Labute approximate surface area is 127 Å². The Kier molecular flexibility index (Phi) is 4.73. The molecule has 0 aromatic heterocycles. The number of hydrogen-bond acceptors (Lipinski definition) is 2. The van der Waals surface area contributed by atoms with Crippen LogP contribution in [-0.4, -0.2) is 7.11 Å². The summed E-state index contributed by atoms with van der Waals surface area (Å²) in [6.45, 7) is 1.94. The van der Waals surface area contributed by atoms with Crippen molar-refractivity contribution >= 4 is 28.9 Å². The van der Waals surface area contributed by atoms with E-state index in [-0.39, 0.29) is 11.1 Å². The second kappa shape index (κ2) is 6.33. The summed E-state index contributed by atoms with van der Waals surface area (Å²) in [5, 5.41) is 3.95. The van der Waals surface area contributed by atoms with Crippen LogP contribution >= 0.6 is 23.2 Å². The zero-order valence-corrected chi connectivity index (χ0v) is 12.6. The predicted molar refractivity (Wildman–Crippen MR) is 81.5 cm³/mol. The molecule has 0 bridgehead atoms. The lowest BCUT2D eigenvalue weighted by Gasteiger charge is -2.17. The first kappa shape index (κ1) is 14.9. The predicted octanol–water partition coefficient (Wildman–Crippen LogP) is 5.31. The van der Waals surface area contributed by atoms with Gasteiger partial charge < -0.3 is 10.1 Å². The number of methoxy groups -OCH3 is 1. The molecule has 0 aliphatic carbocycles. The molecular formula is C15H14Cl2FNO. The molecule has 1 atom stereocenters. The molecule has 106 valence electrons. The molecule has 1 N–H and O–H groups in total. The SMILES string of the molecule is COc1ccc(Cl)c(NC(C)c2ccc(F)c(Cl)c2)c1. The molecule has 2 aromatic rings. The van der Waals surface area contributed by atoms with Gasteiger partial charge in [-0.1, -0.05) is 29.3 Å². The van der Waals surface area contributed by atoms with Gasteiger partial charge in [0.05, 0.1) is 22.8 Å². The van der Waals surface area contributed by atoms with E-state index < -0.39 is 5.82 Å². The Morgan fingerprint density at radius 3 is 2.50 bits per heavy atom. The van der Waals surface area contributed by atoms with Crippen LogP contribution in [0.4, 0.5) is 10.1 Å². The second-order valence-corrected chi connectivity index (χ2v) is 5.20. The van der Waals surface area contributed by atoms with Crippen LogP contribution in [0.1, 0.15) is 18.5 Å². The Hall–Kier alpha value is -1.45. The van der Waals surface area contributed by atoms with Gasteiger partial charge >= 0.3 is 0 Å². The molecule has 2 rings (SSSR count). The molecule has 0 heterocycles. The minimum Gasteiger partial charge on any atom is -0.497 e. The number of ether oxygens (including phenoxy) is 1. The Bertz CT molecular complexity index is 619. The van der Waals surface area contributed by atoms with E-state index in [1.54, 1.807) is 31.4 Å². The number of benzene rings is 2. The molecule has 5 heteroatoms. The van der Waals surface area contributed by atoms with E-state index in [0.717, 1.165) is 11.3 Å². The van der Waals surface area contributed by atoms with Gasteiger partial charge in [0.2, 0.25) is 0 Å². The molecule has 0 spiro atoms. The van der Waals surface area contributed by atoms with Crippen molar-refractivity contribution in [2.75, 3.05) is 12.4 Å². The van der Waals surface area contributed by atoms with Crippen LogP contribution in [-0.2, 0) is 0 Å². The maximum atomic E-state index is 13.2. The van der Waals surface area contributed by atoms with Crippen molar-refractivity contribution in [2.45, 2.75) is 13.0 Å². The van der Waals surface area contributed by atoms with Crippen molar-refractivity contribution in [3.05, 3.63) is 57.8 Å². The van der Waals surface area contributed by atoms with Crippen LogP contribution in [0.2, 0.25) is 10.0 Å². The highest BCUT2D eigenvalue weighted by atomic mass is 35.5. The van der Waals surface area contributed by atoms with E-state index in [1.165, 1.54) is 6.07 Å². The summed E-state index contributed by atoms with van der Waals surface area (Å²) in [7, 11) is 1.59. The van der Waals surface area contributed by atoms with Gasteiger partial charge in [-0.25, -0.2) is 4.39 Å². The molecule has 0 radical (unpaired) electrons. The van der Waals surface area contributed by atoms with Gasteiger partial charge in [0, 0.05) is 12.1 Å². The zero-order valence-electron chi connectivity index (χ0n) is 11.1. The third-order valence-electron chi connectivity index (χ3n) is 2.99. The highest BCUT2D eigenvalue weighted by Gasteiger charge is 2.10. The summed E-state index contributed by atoms with van der Waals surface area (Å²) in [5.41, 5.74) is 1.62. The second-order valence-electron chi connectivity index (χ2n) is 4.39. The minimum atomic E-state index is -0.429. The fourth-order valence-electron chi connectivity index (χ4n) is 1.84. The molecule has 0 aliphatic heterocycles. The number of anilines is 1. The number of hydrogen-bond donors (Lipinski definition) is 1. The number of halogens is 3. The van der Waals surface area contributed by atoms with E-state index in [2.05, 4.69) is 5.32 Å². The fraction of sp³-hybridized carbons (Fsp3) is 0.200. The molecule has 0 saturated heterocycles. The Balaban J connectivity index is 2.22. The van der Waals surface area contributed by atoms with Gasteiger partial charge in [0.1, 0.15) is 11.6 Å². The average Bonchev–Trinajstić information content (AvgIpc) is 2.44. The smallest absolute Gasteiger partial charge is 0.141 e. The first-order chi connectivity index (χ1) is 9.51. The maximum absolute atomic E-state index is 13.2. The lowest BCUT2D eigenvalue weighted by atomic mass is 10.1. The average molecular weight is 314 g/mol. The molecule has 0 saturated carbocycles. The molecule has 2 aromatic carbocycles. The van der Waals surface area contributed by atoms with Crippen molar-refractivity contribution in [2.24, 2.45) is 0 Å². The molecule has 0 fully saturated rings. The van der Waals surface area contributed by atoms with E-state index in [1.807, 2.05) is 13.0 Å². The lowest BCUT2D eigenvalue weighted by molar-refractivity contribution is 0.415. The van der Waals surface area contributed by atoms with Crippen LogP contribution in [0.15, 0.2) is 36.4 Å². The quantitative estimate of drug-likeness (QED) is 0.825. The largest absolute Gasteiger partial charge is 0.497 e. The van der Waals surface area contributed by atoms with Crippen molar-refractivity contribution in [1.82, 2.24) is 0 Å². The lowest BCUT2D eigenvalue weighted by Crippen LogP contribution is -2.07. The van der Waals surface area contributed by atoms with Crippen LogP contribution in [0, 0.1) is 5.82 Å². The summed E-state index contributed by atoms with van der Waals surface area (Å²) in [6, 6.07) is 9.92. The van der Waals surface area contributed by atoms with E-state index >= 15 is 0 Å². The highest BCUT2D eigenvalue weighted by Crippen LogP contribution is 2.30. The van der Waals surface area contributed by atoms with Crippen molar-refractivity contribution < 1.29 is 9.13 Å². The summed E-state index contributed by atoms with van der Waals surface area (Å²) < 4.78 is 18.3. The van der Waals surface area contributed by atoms with E-state index in [0.29, 0.717) is 10.8 Å². The molecule has 1 unspecified atom stereocenters. The normalized spacial score (nSPS) is 12.1. The Morgan fingerprint density at radius 2 is 1.85 bits per heavy atom. The molecular weight excluding hydrogens is 300 g/mol. The minimum absolute atomic E-state index is 0.0716. The third-order valence-corrected chi connectivity index (χ3v) is 3.61. The standard InChI is InChI=1S/C15H14Cl2FNO/c1-9(10-3-6-14(18)13(17)7-10)19-15-8-11(20-2)4-5-12(15)16/h3-9,19H,1-2H3. The first-order valence-corrected chi connectivity index (χ1v) is 6.82. The van der Waals surface area contributed by atoms with E-state index in [9.17, 15) is 4.39 Å². The molecule has 0 aliphatic rings. The zero-order chi connectivity index (χ0) is 14.7. The van der Waals surface area contributed by atoms with Gasteiger partial charge in [-0.15, -0.1) is 0 Å². The highest BCUT2D eigenvalue weighted by molar-refractivity contribution is 6.33. The van der Waals surface area contributed by atoms with Gasteiger partial charge in [-0.2, -0.15) is 0 Å². The monoisotopic (exact) mass is 313 g/mol. The Morgan fingerprint density at radius 1 is 1.10 bits per heavy atom. The third kappa shape index (κ3) is 3.35. The summed E-state index contributed by atoms with van der Waals surface area (Å²) >= 11 is 11.9. The van der Waals surface area contributed by atoms with Crippen LogP contribution in [0.3, 0.4) is 0 Å². The summed E-state index contributed by atoms with van der Waals surface area (Å²) in [4.78, 5) is 0. The van der Waals surface area contributed by atoms with E-state index in [4.69, 9.17) is 27.9 Å². The fourth-order valence-corrected chi connectivity index (χ4v) is 2.20. The number of rotatable bonds is 4. The van der Waals surface area contributed by atoms with Crippen LogP contribution in [0.5, 0.6) is 5.75 Å². The van der Waals surface area contributed by atoms with Crippen LogP contribution < -0.4 is 10.1 Å². The van der Waals surface area contributed by atoms with Crippen molar-refractivity contribution in [3.63, 3.8) is 0 Å². The summed E-state index contributed by atoms with van der Waals surface area (Å²) in [6.07, 6.45) is 0. The maximum Gasteiger partial charge on any atom is 0.141 e. The van der Waals surface area contributed by atoms with Crippen molar-refractivity contribution in [1.29, 1.82) is 0 Å². The van der Waals surface area contributed by atoms with Gasteiger partial charge in [-0.05, 0) is 36.8 Å². The van der Waals surface area contributed by atoms with Crippen molar-refractivity contribution in [3.8, 4) is 5.75 Å². The first-order valence-electron chi connectivity index (χ1n) is 6.06. The molecule has 0 amide bonds. The van der Waals surface area contributed by atoms with Crippen LogP contribution in [0.25, 0.3) is 0 Å². The van der Waals surface area contributed by atoms with Gasteiger partial charge in [0.25, 0.3) is 0 Å². The van der Waals surface area contributed by atoms with Gasteiger partial charge in [-0.3, -0.25) is 0 Å². The summed E-state index contributed by atoms with van der Waals surface area (Å²) in [5.74, 6) is 0.281.